The average Bonchev–Trinajstić information content (AvgIpc) is 2.65. The predicted octanol–water partition coefficient (Wildman–Crippen LogP) is 4.05. The molecule has 0 spiro atoms. The van der Waals surface area contributed by atoms with Crippen molar-refractivity contribution < 1.29 is 9.53 Å². The van der Waals surface area contributed by atoms with Crippen LogP contribution in [0.4, 0.5) is 0 Å². The summed E-state index contributed by atoms with van der Waals surface area (Å²) in [4.78, 5) is 14.4. The van der Waals surface area contributed by atoms with Gasteiger partial charge in [0.05, 0.1) is 6.10 Å². The van der Waals surface area contributed by atoms with Crippen molar-refractivity contribution in [2.75, 3.05) is 26.2 Å². The minimum atomic E-state index is 0.202. The number of rotatable bonds is 9. The molecule has 0 aromatic heterocycles. The van der Waals surface area contributed by atoms with Gasteiger partial charge in [0.25, 0.3) is 0 Å². The number of amides is 1. The molecule has 0 bridgehead atoms. The number of carbonyl (C=O) groups excluding carboxylic acids is 1. The first kappa shape index (κ1) is 21.9. The maximum atomic E-state index is 12.4. The molecule has 2 rings (SSSR count). The molecule has 1 aliphatic heterocycles. The Bertz CT molecular complexity index is 555. The van der Waals surface area contributed by atoms with Crippen LogP contribution in [0.15, 0.2) is 24.3 Å². The van der Waals surface area contributed by atoms with E-state index in [0.29, 0.717) is 25.0 Å². The fourth-order valence-electron chi connectivity index (χ4n) is 3.54. The van der Waals surface area contributed by atoms with Gasteiger partial charge in [-0.2, -0.15) is 0 Å². The minimum absolute atomic E-state index is 0.202. The Morgan fingerprint density at radius 2 is 1.78 bits per heavy atom. The maximum absolute atomic E-state index is 12.4. The lowest BCUT2D eigenvalue weighted by molar-refractivity contribution is -0.133. The lowest BCUT2D eigenvalue weighted by Crippen LogP contribution is -2.40. The number of aryl methyl sites for hydroxylation is 1. The number of nitrogens with two attached hydrogens (primary N) is 1. The van der Waals surface area contributed by atoms with Crippen molar-refractivity contribution in [3.8, 4) is 0 Å². The van der Waals surface area contributed by atoms with Crippen molar-refractivity contribution in [2.24, 2.45) is 5.73 Å². The number of unbranched alkanes of at least 4 members (excludes halogenated alkanes) is 1. The molecule has 27 heavy (non-hydrogen) atoms. The Labute approximate surface area is 165 Å². The molecule has 1 saturated heterocycles. The molecule has 2 N–H and O–H groups in total. The number of ether oxygens (including phenoxy) is 1. The fourth-order valence-corrected chi connectivity index (χ4v) is 3.54. The Kier molecular flexibility index (Phi) is 8.78. The smallest absolute Gasteiger partial charge is 0.222 e. The Morgan fingerprint density at radius 3 is 2.37 bits per heavy atom. The molecule has 4 heteroatoms. The van der Waals surface area contributed by atoms with E-state index in [2.05, 4.69) is 45.0 Å². The van der Waals surface area contributed by atoms with Crippen LogP contribution in [0.5, 0.6) is 0 Å². The van der Waals surface area contributed by atoms with E-state index in [1.807, 2.05) is 4.90 Å². The zero-order valence-corrected chi connectivity index (χ0v) is 17.5. The summed E-state index contributed by atoms with van der Waals surface area (Å²) in [5.41, 5.74) is 8.43. The quantitative estimate of drug-likeness (QED) is 0.663. The summed E-state index contributed by atoms with van der Waals surface area (Å²) >= 11 is 0. The van der Waals surface area contributed by atoms with Crippen LogP contribution in [-0.2, 0) is 21.4 Å². The number of carbonyl (C=O) groups is 1. The Hall–Kier alpha value is -1.39. The number of nitrogens with zero attached hydrogens (tertiary/aromatic N) is 1. The second kappa shape index (κ2) is 10.8. The third-order valence-electron chi connectivity index (χ3n) is 5.42. The van der Waals surface area contributed by atoms with Gasteiger partial charge in [0.2, 0.25) is 5.91 Å². The van der Waals surface area contributed by atoms with Crippen LogP contribution in [0, 0.1) is 0 Å². The predicted molar refractivity (Wildman–Crippen MR) is 112 cm³/mol. The van der Waals surface area contributed by atoms with Gasteiger partial charge in [0.15, 0.2) is 0 Å². The highest BCUT2D eigenvalue weighted by atomic mass is 16.5. The number of benzene rings is 1. The molecule has 0 aliphatic carbocycles. The van der Waals surface area contributed by atoms with E-state index >= 15 is 0 Å². The summed E-state index contributed by atoms with van der Waals surface area (Å²) in [6.07, 6.45) is 6.88. The summed E-state index contributed by atoms with van der Waals surface area (Å²) < 4.78 is 5.81. The molecule has 1 aromatic carbocycles. The topological polar surface area (TPSA) is 55.6 Å². The van der Waals surface area contributed by atoms with Gasteiger partial charge in [0, 0.05) is 26.1 Å². The van der Waals surface area contributed by atoms with E-state index in [-0.39, 0.29) is 5.41 Å². The number of hydrogen-bond donors (Lipinski definition) is 1. The summed E-state index contributed by atoms with van der Waals surface area (Å²) in [7, 11) is 0. The summed E-state index contributed by atoms with van der Waals surface area (Å²) in [5.74, 6) is 0.304. The standard InChI is InChI=1S/C23H38N2O2/c1-23(2,3)20-11-9-19(10-12-20)7-4-5-8-22(26)25-16-13-21(14-17-25)27-18-6-15-24/h9-12,21H,4-8,13-18,24H2,1-3H3. The van der Waals surface area contributed by atoms with Crippen molar-refractivity contribution in [1.29, 1.82) is 0 Å². The molecule has 1 aliphatic rings. The molecule has 0 radical (unpaired) electrons. The van der Waals surface area contributed by atoms with Crippen molar-refractivity contribution >= 4 is 5.91 Å². The third kappa shape index (κ3) is 7.63. The monoisotopic (exact) mass is 374 g/mol. The lowest BCUT2D eigenvalue weighted by Gasteiger charge is -2.32. The summed E-state index contributed by atoms with van der Waals surface area (Å²) in [6.45, 7) is 9.80. The first-order valence-electron chi connectivity index (χ1n) is 10.6. The molecule has 0 atom stereocenters. The zero-order valence-electron chi connectivity index (χ0n) is 17.5. The molecule has 1 amide bonds. The number of likely N-dealkylation sites (tertiary alicyclic amines) is 1. The van der Waals surface area contributed by atoms with Crippen molar-refractivity contribution in [1.82, 2.24) is 4.90 Å². The van der Waals surface area contributed by atoms with Crippen molar-refractivity contribution in [2.45, 2.75) is 77.2 Å². The van der Waals surface area contributed by atoms with E-state index in [1.165, 1.54) is 11.1 Å². The van der Waals surface area contributed by atoms with Gasteiger partial charge in [-0.25, -0.2) is 0 Å². The highest BCUT2D eigenvalue weighted by Gasteiger charge is 2.22. The van der Waals surface area contributed by atoms with Gasteiger partial charge in [-0.3, -0.25) is 4.79 Å². The van der Waals surface area contributed by atoms with Gasteiger partial charge in [0.1, 0.15) is 0 Å². The normalized spacial score (nSPS) is 15.9. The molecular formula is C23H38N2O2. The van der Waals surface area contributed by atoms with E-state index in [0.717, 1.165) is 58.2 Å². The Morgan fingerprint density at radius 1 is 1.11 bits per heavy atom. The molecule has 0 unspecified atom stereocenters. The van der Waals surface area contributed by atoms with Crippen LogP contribution < -0.4 is 5.73 Å². The summed E-state index contributed by atoms with van der Waals surface area (Å²) in [6, 6.07) is 8.94. The van der Waals surface area contributed by atoms with E-state index < -0.39 is 0 Å². The SMILES string of the molecule is CC(C)(C)c1ccc(CCCCC(=O)N2CCC(OCCCN)CC2)cc1. The molecule has 0 saturated carbocycles. The third-order valence-corrected chi connectivity index (χ3v) is 5.42. The molecule has 4 nitrogen and oxygen atoms in total. The molecule has 1 heterocycles. The second-order valence-corrected chi connectivity index (χ2v) is 8.75. The van der Waals surface area contributed by atoms with E-state index in [4.69, 9.17) is 10.5 Å². The van der Waals surface area contributed by atoms with Gasteiger partial charge in [-0.1, -0.05) is 45.0 Å². The van der Waals surface area contributed by atoms with Crippen LogP contribution in [0.25, 0.3) is 0 Å². The van der Waals surface area contributed by atoms with Crippen LogP contribution in [0.1, 0.15) is 70.4 Å². The number of piperidine rings is 1. The van der Waals surface area contributed by atoms with Gasteiger partial charge >= 0.3 is 0 Å². The largest absolute Gasteiger partial charge is 0.378 e. The number of hydrogen-bond acceptors (Lipinski definition) is 3. The molecule has 1 fully saturated rings. The van der Waals surface area contributed by atoms with Gasteiger partial charge in [-0.15, -0.1) is 0 Å². The van der Waals surface area contributed by atoms with Crippen LogP contribution >= 0.6 is 0 Å². The zero-order chi connectivity index (χ0) is 19.7. The van der Waals surface area contributed by atoms with Crippen molar-refractivity contribution in [3.05, 3.63) is 35.4 Å². The lowest BCUT2D eigenvalue weighted by atomic mass is 9.86. The van der Waals surface area contributed by atoms with Crippen LogP contribution in [0.2, 0.25) is 0 Å². The minimum Gasteiger partial charge on any atom is -0.378 e. The first-order chi connectivity index (χ1) is 12.9. The van der Waals surface area contributed by atoms with Gasteiger partial charge < -0.3 is 15.4 Å². The second-order valence-electron chi connectivity index (χ2n) is 8.75. The summed E-state index contributed by atoms with van der Waals surface area (Å²) in [5, 5.41) is 0. The molecule has 152 valence electrons. The molecule has 1 aromatic rings. The average molecular weight is 375 g/mol. The van der Waals surface area contributed by atoms with Gasteiger partial charge in [-0.05, 0) is 61.6 Å². The van der Waals surface area contributed by atoms with E-state index in [1.54, 1.807) is 0 Å². The van der Waals surface area contributed by atoms with Crippen molar-refractivity contribution in [3.63, 3.8) is 0 Å². The van der Waals surface area contributed by atoms with Crippen LogP contribution in [-0.4, -0.2) is 43.2 Å². The van der Waals surface area contributed by atoms with E-state index in [9.17, 15) is 4.79 Å². The highest BCUT2D eigenvalue weighted by molar-refractivity contribution is 5.76. The highest BCUT2D eigenvalue weighted by Crippen LogP contribution is 2.22. The van der Waals surface area contributed by atoms with Crippen LogP contribution in [0.3, 0.4) is 0 Å². The Balaban J connectivity index is 1.61. The first-order valence-corrected chi connectivity index (χ1v) is 10.6. The maximum Gasteiger partial charge on any atom is 0.222 e. The molecular weight excluding hydrogens is 336 g/mol. The fraction of sp³-hybridized carbons (Fsp3) is 0.696.